The van der Waals surface area contributed by atoms with Gasteiger partial charge in [0.05, 0.1) is 11.8 Å². The molecule has 0 radical (unpaired) electrons. The Morgan fingerprint density at radius 3 is 1.91 bits per heavy atom. The van der Waals surface area contributed by atoms with Gasteiger partial charge in [-0.25, -0.2) is 4.99 Å². The molecule has 1 aromatic heterocycles. The maximum absolute atomic E-state index is 6.92. The first kappa shape index (κ1) is 33.3. The summed E-state index contributed by atoms with van der Waals surface area (Å²) in [6.45, 7) is 0. The Bertz CT molecular complexity index is 3030. The predicted octanol–water partition coefficient (Wildman–Crippen LogP) is 13.7. The molecule has 0 saturated heterocycles. The van der Waals surface area contributed by atoms with Gasteiger partial charge in [0.1, 0.15) is 11.2 Å². The third kappa shape index (κ3) is 6.00. The van der Waals surface area contributed by atoms with Gasteiger partial charge in [-0.05, 0) is 86.3 Å². The summed E-state index contributed by atoms with van der Waals surface area (Å²) < 4.78 is 6.92. The van der Waals surface area contributed by atoms with E-state index in [1.54, 1.807) is 0 Å². The number of nitrogens with zero attached hydrogens (tertiary/aromatic N) is 2. The molecule has 0 amide bonds. The molecule has 2 heterocycles. The van der Waals surface area contributed by atoms with Crippen molar-refractivity contribution in [3.05, 3.63) is 228 Å². The summed E-state index contributed by atoms with van der Waals surface area (Å²) >= 11 is 0. The molecule has 0 fully saturated rings. The highest BCUT2D eigenvalue weighted by Gasteiger charge is 2.29. The van der Waals surface area contributed by atoms with Crippen LogP contribution in [0.15, 0.2) is 209 Å². The van der Waals surface area contributed by atoms with Crippen LogP contribution in [0.5, 0.6) is 0 Å². The van der Waals surface area contributed by atoms with Crippen LogP contribution in [0.3, 0.4) is 0 Å². The van der Waals surface area contributed by atoms with Gasteiger partial charge in [-0.2, -0.15) is 0 Å². The fraction of sp³-hybridized carbons (Fsp3) is 0.0741. The molecule has 9 aromatic rings. The van der Waals surface area contributed by atoms with E-state index in [2.05, 4.69) is 194 Å². The van der Waals surface area contributed by atoms with Crippen molar-refractivity contribution >= 4 is 33.5 Å². The molecule has 2 atom stereocenters. The zero-order chi connectivity index (χ0) is 37.7. The minimum atomic E-state index is -0.108. The normalized spacial score (nSPS) is 16.1. The van der Waals surface area contributed by atoms with Crippen LogP contribution in [0, 0.1) is 0 Å². The number of para-hydroxylation sites is 1. The van der Waals surface area contributed by atoms with Crippen molar-refractivity contribution in [1.29, 1.82) is 0 Å². The molecule has 2 unspecified atom stereocenters. The number of hydrogen-bond donors (Lipinski definition) is 0. The van der Waals surface area contributed by atoms with Crippen LogP contribution in [0.25, 0.3) is 55.3 Å². The van der Waals surface area contributed by atoms with Gasteiger partial charge in [0.15, 0.2) is 5.84 Å². The van der Waals surface area contributed by atoms with Crippen molar-refractivity contribution < 1.29 is 4.42 Å². The van der Waals surface area contributed by atoms with E-state index in [9.17, 15) is 0 Å². The molecule has 1 aliphatic carbocycles. The Balaban J connectivity index is 1.02. The van der Waals surface area contributed by atoms with Crippen molar-refractivity contribution in [3.8, 4) is 33.4 Å². The van der Waals surface area contributed by atoms with Gasteiger partial charge in [-0.15, -0.1) is 0 Å². The van der Waals surface area contributed by atoms with Crippen molar-refractivity contribution in [2.45, 2.75) is 24.8 Å². The smallest absolute Gasteiger partial charge is 0.155 e. The van der Waals surface area contributed by atoms with E-state index in [-0.39, 0.29) is 12.0 Å². The van der Waals surface area contributed by atoms with Crippen molar-refractivity contribution in [2.75, 3.05) is 0 Å². The van der Waals surface area contributed by atoms with Crippen LogP contribution in [0.4, 0.5) is 0 Å². The van der Waals surface area contributed by atoms with Gasteiger partial charge in [0.2, 0.25) is 0 Å². The highest BCUT2D eigenvalue weighted by atomic mass is 16.3. The number of hydrogen-bond acceptors (Lipinski definition) is 3. The summed E-state index contributed by atoms with van der Waals surface area (Å²) in [7, 11) is 0. The Morgan fingerprint density at radius 1 is 0.439 bits per heavy atom. The molecule has 11 rings (SSSR count). The van der Waals surface area contributed by atoms with Crippen LogP contribution in [0.2, 0.25) is 0 Å². The summed E-state index contributed by atoms with van der Waals surface area (Å²) in [5, 5.41) is 2.23. The van der Waals surface area contributed by atoms with Crippen LogP contribution < -0.4 is 0 Å². The van der Waals surface area contributed by atoms with Gasteiger partial charge >= 0.3 is 0 Å². The van der Waals surface area contributed by atoms with E-state index < -0.39 is 0 Å². The standard InChI is InChI=1S/C54H38N2O/c1-3-14-35(15-4-1)37-19-11-21-40(30-37)50-34-51(41-22-12-20-38(31-41)36-16-5-2-6-17-36)56-54(55-50)42-28-29-46-47-26-13-27-48(53(47)57-52(46)33-42)49-32-39-18-7-8-23-43(39)44-24-9-10-25-45(44)49/h1-31,33,49-50H,32,34H2. The lowest BCUT2D eigenvalue weighted by Crippen LogP contribution is -2.17. The van der Waals surface area contributed by atoms with Crippen molar-refractivity contribution in [1.82, 2.24) is 0 Å². The van der Waals surface area contributed by atoms with Crippen LogP contribution in [0.1, 0.15) is 51.8 Å². The molecule has 57 heavy (non-hydrogen) atoms. The maximum Gasteiger partial charge on any atom is 0.155 e. The van der Waals surface area contributed by atoms with Crippen LogP contribution in [-0.4, -0.2) is 11.5 Å². The highest BCUT2D eigenvalue weighted by Crippen LogP contribution is 2.45. The lowest BCUT2D eigenvalue weighted by molar-refractivity contribution is 0.654. The SMILES string of the molecule is c1ccc(-c2cccc(C3=NC(c4ccc5c(c4)oc4c(C6Cc7ccccc7-c7ccccc76)cccc45)=NC(c4cccc(-c5ccccc5)c4)C3)c2)cc1. The molecule has 3 nitrogen and oxygen atoms in total. The fourth-order valence-corrected chi connectivity index (χ4v) is 9.01. The zero-order valence-corrected chi connectivity index (χ0v) is 31.3. The van der Waals surface area contributed by atoms with E-state index in [0.717, 1.165) is 51.0 Å². The first-order chi connectivity index (χ1) is 28.2. The minimum Gasteiger partial charge on any atom is -0.456 e. The lowest BCUT2D eigenvalue weighted by atomic mass is 9.75. The monoisotopic (exact) mass is 730 g/mol. The molecule has 2 aliphatic rings. The Hall–Kier alpha value is -7.10. The summed E-state index contributed by atoms with van der Waals surface area (Å²) in [5.41, 5.74) is 17.4. The van der Waals surface area contributed by atoms with E-state index >= 15 is 0 Å². The molecule has 0 saturated carbocycles. The topological polar surface area (TPSA) is 37.9 Å². The van der Waals surface area contributed by atoms with E-state index in [0.29, 0.717) is 6.42 Å². The summed E-state index contributed by atoms with van der Waals surface area (Å²) in [5.74, 6) is 0.908. The Labute approximate surface area is 332 Å². The number of furan rings is 1. The predicted molar refractivity (Wildman–Crippen MR) is 235 cm³/mol. The van der Waals surface area contributed by atoms with Crippen LogP contribution in [-0.2, 0) is 6.42 Å². The largest absolute Gasteiger partial charge is 0.456 e. The number of rotatable bonds is 6. The first-order valence-corrected chi connectivity index (χ1v) is 19.8. The van der Waals surface area contributed by atoms with Crippen molar-refractivity contribution in [2.24, 2.45) is 9.98 Å². The second kappa shape index (κ2) is 13.9. The second-order valence-corrected chi connectivity index (χ2v) is 15.2. The number of fused-ring (bicyclic) bond motifs is 6. The van der Waals surface area contributed by atoms with E-state index in [4.69, 9.17) is 14.4 Å². The molecular weight excluding hydrogens is 693 g/mol. The van der Waals surface area contributed by atoms with Gasteiger partial charge < -0.3 is 4.42 Å². The summed E-state index contributed by atoms with van der Waals surface area (Å²) in [6.07, 6.45) is 1.63. The molecule has 0 N–H and O–H groups in total. The first-order valence-electron chi connectivity index (χ1n) is 19.8. The Morgan fingerprint density at radius 2 is 1.09 bits per heavy atom. The maximum atomic E-state index is 6.92. The van der Waals surface area contributed by atoms with Gasteiger partial charge in [-0.3, -0.25) is 4.99 Å². The molecular formula is C54H38N2O. The van der Waals surface area contributed by atoms with Gasteiger partial charge in [-0.1, -0.05) is 170 Å². The van der Waals surface area contributed by atoms with Gasteiger partial charge in [0.25, 0.3) is 0 Å². The molecule has 8 aromatic carbocycles. The molecule has 0 bridgehead atoms. The number of amidine groups is 1. The number of benzene rings is 8. The van der Waals surface area contributed by atoms with Crippen molar-refractivity contribution in [3.63, 3.8) is 0 Å². The highest BCUT2D eigenvalue weighted by molar-refractivity contribution is 6.16. The fourth-order valence-electron chi connectivity index (χ4n) is 9.01. The summed E-state index contributed by atoms with van der Waals surface area (Å²) in [6, 6.07) is 69.4. The van der Waals surface area contributed by atoms with E-state index in [1.165, 1.54) is 55.6 Å². The van der Waals surface area contributed by atoms with E-state index in [1.807, 2.05) is 0 Å². The average Bonchev–Trinajstić information content (AvgIpc) is 3.68. The quantitative estimate of drug-likeness (QED) is 0.168. The minimum absolute atomic E-state index is 0.108. The lowest BCUT2D eigenvalue weighted by Gasteiger charge is -2.28. The molecule has 1 aliphatic heterocycles. The zero-order valence-electron chi connectivity index (χ0n) is 31.3. The average molecular weight is 731 g/mol. The third-order valence-electron chi connectivity index (χ3n) is 11.8. The molecule has 270 valence electrons. The third-order valence-corrected chi connectivity index (χ3v) is 11.8. The molecule has 0 spiro atoms. The summed E-state index contributed by atoms with van der Waals surface area (Å²) in [4.78, 5) is 10.7. The molecule has 3 heteroatoms. The van der Waals surface area contributed by atoms with Crippen LogP contribution >= 0.6 is 0 Å². The number of aliphatic imine (C=N–C) groups is 2. The Kier molecular flexibility index (Phi) is 8.10. The second-order valence-electron chi connectivity index (χ2n) is 15.2. The van der Waals surface area contributed by atoms with Gasteiger partial charge in [0, 0.05) is 34.2 Å².